The number of nitrogens with zero attached hydrogens (tertiary/aromatic N) is 1. The summed E-state index contributed by atoms with van der Waals surface area (Å²) in [6.45, 7) is 15.0. The lowest BCUT2D eigenvalue weighted by Crippen LogP contribution is -2.65. The molecule has 0 aromatic heterocycles. The molecule has 1 aliphatic carbocycles. The second-order valence-corrected chi connectivity index (χ2v) is 8.02. The molecule has 1 heterocycles. The van der Waals surface area contributed by atoms with Crippen molar-refractivity contribution in [3.63, 3.8) is 0 Å². The van der Waals surface area contributed by atoms with Crippen LogP contribution in [0.25, 0.3) is 0 Å². The van der Waals surface area contributed by atoms with Crippen LogP contribution in [0.4, 0.5) is 0 Å². The molecule has 0 bridgehead atoms. The number of hydrogen-bond acceptors (Lipinski definition) is 3. The van der Waals surface area contributed by atoms with Crippen LogP contribution in [0.15, 0.2) is 0 Å². The molecule has 0 aromatic rings. The molecule has 2 unspecified atom stereocenters. The second-order valence-electron chi connectivity index (χ2n) is 8.02. The highest BCUT2D eigenvalue weighted by Gasteiger charge is 2.48. The molecule has 20 heavy (non-hydrogen) atoms. The fourth-order valence-corrected chi connectivity index (χ4v) is 3.37. The van der Waals surface area contributed by atoms with E-state index >= 15 is 0 Å². The molecule has 1 saturated heterocycles. The van der Waals surface area contributed by atoms with Crippen LogP contribution >= 0.6 is 0 Å². The summed E-state index contributed by atoms with van der Waals surface area (Å²) in [4.78, 5) is 2.76. The van der Waals surface area contributed by atoms with Gasteiger partial charge in [0.05, 0.1) is 5.60 Å². The summed E-state index contributed by atoms with van der Waals surface area (Å²) in [6.07, 6.45) is 3.93. The third-order valence-corrected chi connectivity index (χ3v) is 5.66. The predicted molar refractivity (Wildman–Crippen MR) is 85.0 cm³/mol. The van der Waals surface area contributed by atoms with Crippen LogP contribution in [-0.2, 0) is 4.74 Å². The van der Waals surface area contributed by atoms with E-state index in [0.29, 0.717) is 17.5 Å². The van der Waals surface area contributed by atoms with Crippen molar-refractivity contribution in [2.45, 2.75) is 71.1 Å². The van der Waals surface area contributed by atoms with Crippen LogP contribution in [0.1, 0.15) is 53.9 Å². The SMILES string of the molecule is COC(C)(C)CCN1CC(C(C)C)NCC1(C)C1CC1. The summed E-state index contributed by atoms with van der Waals surface area (Å²) in [5.74, 6) is 1.60. The van der Waals surface area contributed by atoms with Gasteiger partial charge in [0.2, 0.25) is 0 Å². The van der Waals surface area contributed by atoms with Gasteiger partial charge in [-0.3, -0.25) is 4.90 Å². The summed E-state index contributed by atoms with van der Waals surface area (Å²) >= 11 is 0. The molecule has 2 rings (SSSR count). The van der Waals surface area contributed by atoms with Gasteiger partial charge in [-0.05, 0) is 51.9 Å². The van der Waals surface area contributed by atoms with Gasteiger partial charge in [0.25, 0.3) is 0 Å². The molecular weight excluding hydrogens is 248 g/mol. The minimum atomic E-state index is -0.0112. The highest BCUT2D eigenvalue weighted by molar-refractivity contribution is 5.05. The third-order valence-electron chi connectivity index (χ3n) is 5.66. The maximum absolute atomic E-state index is 5.60. The van der Waals surface area contributed by atoms with E-state index in [-0.39, 0.29) is 5.60 Å². The van der Waals surface area contributed by atoms with Gasteiger partial charge in [0.1, 0.15) is 0 Å². The van der Waals surface area contributed by atoms with Crippen molar-refractivity contribution in [2.75, 3.05) is 26.7 Å². The Morgan fingerprint density at radius 3 is 2.50 bits per heavy atom. The lowest BCUT2D eigenvalue weighted by molar-refractivity contribution is -0.0229. The Kier molecular flexibility index (Phi) is 4.83. The van der Waals surface area contributed by atoms with Crippen molar-refractivity contribution < 1.29 is 4.74 Å². The van der Waals surface area contributed by atoms with Crippen molar-refractivity contribution in [3.8, 4) is 0 Å². The van der Waals surface area contributed by atoms with Gasteiger partial charge in [-0.2, -0.15) is 0 Å². The van der Waals surface area contributed by atoms with Crippen LogP contribution in [0.2, 0.25) is 0 Å². The van der Waals surface area contributed by atoms with Gasteiger partial charge in [0, 0.05) is 38.3 Å². The number of piperazine rings is 1. The minimum Gasteiger partial charge on any atom is -0.379 e. The molecule has 118 valence electrons. The fourth-order valence-electron chi connectivity index (χ4n) is 3.37. The highest BCUT2D eigenvalue weighted by atomic mass is 16.5. The van der Waals surface area contributed by atoms with Gasteiger partial charge < -0.3 is 10.1 Å². The summed E-state index contributed by atoms with van der Waals surface area (Å²) < 4.78 is 5.60. The zero-order valence-electron chi connectivity index (χ0n) is 14.3. The summed E-state index contributed by atoms with van der Waals surface area (Å²) in [7, 11) is 1.83. The van der Waals surface area contributed by atoms with Gasteiger partial charge in [-0.25, -0.2) is 0 Å². The molecule has 1 saturated carbocycles. The second kappa shape index (κ2) is 5.94. The Morgan fingerprint density at radius 1 is 1.35 bits per heavy atom. The molecule has 2 fully saturated rings. The van der Waals surface area contributed by atoms with E-state index in [2.05, 4.69) is 44.8 Å². The van der Waals surface area contributed by atoms with E-state index in [1.807, 2.05) is 7.11 Å². The normalized spacial score (nSPS) is 32.9. The van der Waals surface area contributed by atoms with Crippen LogP contribution in [0, 0.1) is 11.8 Å². The van der Waals surface area contributed by atoms with Crippen LogP contribution in [0.5, 0.6) is 0 Å². The first kappa shape index (κ1) is 16.3. The minimum absolute atomic E-state index is 0.0112. The largest absolute Gasteiger partial charge is 0.379 e. The Morgan fingerprint density at radius 2 is 2.00 bits per heavy atom. The van der Waals surface area contributed by atoms with Crippen molar-refractivity contribution in [1.29, 1.82) is 0 Å². The van der Waals surface area contributed by atoms with Gasteiger partial charge in [-0.1, -0.05) is 13.8 Å². The first-order valence-electron chi connectivity index (χ1n) is 8.32. The Hall–Kier alpha value is -0.120. The zero-order valence-corrected chi connectivity index (χ0v) is 14.3. The molecule has 0 amide bonds. The Labute approximate surface area is 125 Å². The highest BCUT2D eigenvalue weighted by Crippen LogP contribution is 2.44. The lowest BCUT2D eigenvalue weighted by Gasteiger charge is -2.50. The standard InChI is InChI=1S/C17H34N2O/c1-13(2)15-11-19(10-9-16(3,4)20-6)17(5,12-18-15)14-7-8-14/h13-15,18H,7-12H2,1-6H3. The van der Waals surface area contributed by atoms with Gasteiger partial charge in [0.15, 0.2) is 0 Å². The molecule has 2 aliphatic rings. The molecule has 0 radical (unpaired) electrons. The van der Waals surface area contributed by atoms with E-state index < -0.39 is 0 Å². The van der Waals surface area contributed by atoms with Crippen molar-refractivity contribution in [2.24, 2.45) is 11.8 Å². The number of ether oxygens (including phenoxy) is 1. The van der Waals surface area contributed by atoms with E-state index in [0.717, 1.165) is 25.4 Å². The smallest absolute Gasteiger partial charge is 0.0634 e. The van der Waals surface area contributed by atoms with Crippen molar-refractivity contribution in [3.05, 3.63) is 0 Å². The monoisotopic (exact) mass is 282 g/mol. The lowest BCUT2D eigenvalue weighted by atomic mass is 9.86. The Bertz CT molecular complexity index is 325. The van der Waals surface area contributed by atoms with E-state index in [1.165, 1.54) is 19.4 Å². The first-order chi connectivity index (χ1) is 9.28. The summed E-state index contributed by atoms with van der Waals surface area (Å²) in [5, 5.41) is 3.80. The van der Waals surface area contributed by atoms with Crippen molar-refractivity contribution in [1.82, 2.24) is 10.2 Å². The number of methoxy groups -OCH3 is 1. The number of nitrogens with one attached hydrogen (secondary N) is 1. The van der Waals surface area contributed by atoms with Gasteiger partial charge in [-0.15, -0.1) is 0 Å². The maximum Gasteiger partial charge on any atom is 0.0634 e. The van der Waals surface area contributed by atoms with Crippen molar-refractivity contribution >= 4 is 0 Å². The van der Waals surface area contributed by atoms with Crippen LogP contribution < -0.4 is 5.32 Å². The first-order valence-corrected chi connectivity index (χ1v) is 8.32. The molecular formula is C17H34N2O. The molecule has 2 atom stereocenters. The van der Waals surface area contributed by atoms with E-state index in [4.69, 9.17) is 4.74 Å². The molecule has 0 spiro atoms. The average Bonchev–Trinajstić information content (AvgIpc) is 3.22. The number of rotatable bonds is 6. The van der Waals surface area contributed by atoms with E-state index in [9.17, 15) is 0 Å². The van der Waals surface area contributed by atoms with Crippen LogP contribution in [-0.4, -0.2) is 48.8 Å². The maximum atomic E-state index is 5.60. The topological polar surface area (TPSA) is 24.5 Å². The molecule has 1 N–H and O–H groups in total. The van der Waals surface area contributed by atoms with E-state index in [1.54, 1.807) is 0 Å². The van der Waals surface area contributed by atoms with Gasteiger partial charge >= 0.3 is 0 Å². The zero-order chi connectivity index (χ0) is 15.0. The third kappa shape index (κ3) is 3.55. The molecule has 3 heteroatoms. The summed E-state index contributed by atoms with van der Waals surface area (Å²) in [5.41, 5.74) is 0.345. The fraction of sp³-hybridized carbons (Fsp3) is 1.00. The molecule has 0 aromatic carbocycles. The molecule has 3 nitrogen and oxygen atoms in total. The predicted octanol–water partition coefficient (Wildman–Crippen LogP) is 2.90. The Balaban J connectivity index is 2.02. The summed E-state index contributed by atoms with van der Waals surface area (Å²) in [6, 6.07) is 0.632. The number of hydrogen-bond donors (Lipinski definition) is 1. The average molecular weight is 282 g/mol. The molecule has 1 aliphatic heterocycles. The quantitative estimate of drug-likeness (QED) is 0.811. The van der Waals surface area contributed by atoms with Crippen LogP contribution in [0.3, 0.4) is 0 Å².